The van der Waals surface area contributed by atoms with Crippen LogP contribution in [0, 0.1) is 5.82 Å². The Morgan fingerprint density at radius 2 is 2.04 bits per heavy atom. The minimum absolute atomic E-state index is 0.118. The molecule has 0 radical (unpaired) electrons. The Morgan fingerprint density at radius 3 is 2.81 bits per heavy atom. The standard InChI is InChI=1S/C19H15ClFNO3S/c1-2-25-18(23)8-11-7-14(20)16(9-15(11)21)22-19(24)13-10-26-17-6-4-3-5-12(13)17/h3-7,9-10H,2,8H2,1H3,(H,22,24). The van der Waals surface area contributed by atoms with Gasteiger partial charge in [-0.05, 0) is 25.1 Å². The van der Waals surface area contributed by atoms with E-state index in [9.17, 15) is 14.0 Å². The number of thiophene rings is 1. The first-order valence-electron chi connectivity index (χ1n) is 7.90. The molecule has 0 spiro atoms. The van der Waals surface area contributed by atoms with Crippen molar-refractivity contribution in [3.8, 4) is 0 Å². The van der Waals surface area contributed by atoms with Crippen LogP contribution in [0.25, 0.3) is 10.1 Å². The maximum Gasteiger partial charge on any atom is 0.310 e. The molecule has 0 aliphatic rings. The number of fused-ring (bicyclic) bond motifs is 1. The van der Waals surface area contributed by atoms with Crippen molar-refractivity contribution in [1.82, 2.24) is 0 Å². The lowest BCUT2D eigenvalue weighted by Gasteiger charge is -2.10. The normalized spacial score (nSPS) is 10.7. The Bertz CT molecular complexity index is 986. The number of nitrogens with one attached hydrogen (secondary N) is 1. The topological polar surface area (TPSA) is 55.4 Å². The van der Waals surface area contributed by atoms with Crippen LogP contribution < -0.4 is 5.32 Å². The van der Waals surface area contributed by atoms with Crippen LogP contribution in [-0.2, 0) is 16.0 Å². The van der Waals surface area contributed by atoms with E-state index >= 15 is 0 Å². The zero-order valence-corrected chi connectivity index (χ0v) is 15.4. The van der Waals surface area contributed by atoms with E-state index in [1.807, 2.05) is 24.3 Å². The van der Waals surface area contributed by atoms with E-state index in [1.165, 1.54) is 17.4 Å². The third-order valence-corrected chi connectivity index (χ3v) is 5.03. The summed E-state index contributed by atoms with van der Waals surface area (Å²) < 4.78 is 20.1. The van der Waals surface area contributed by atoms with Crippen LogP contribution in [0.3, 0.4) is 0 Å². The predicted octanol–water partition coefficient (Wildman–Crippen LogP) is 5.05. The average Bonchev–Trinajstić information content (AvgIpc) is 3.03. The van der Waals surface area contributed by atoms with Crippen molar-refractivity contribution < 1.29 is 18.7 Å². The van der Waals surface area contributed by atoms with Crippen molar-refractivity contribution in [1.29, 1.82) is 0 Å². The molecule has 0 bridgehead atoms. The summed E-state index contributed by atoms with van der Waals surface area (Å²) >= 11 is 7.61. The molecule has 3 rings (SSSR count). The van der Waals surface area contributed by atoms with Crippen LogP contribution >= 0.6 is 22.9 Å². The fourth-order valence-electron chi connectivity index (χ4n) is 2.53. The molecule has 134 valence electrons. The first-order chi connectivity index (χ1) is 12.5. The molecule has 2 aromatic carbocycles. The number of carbonyl (C=O) groups is 2. The smallest absolute Gasteiger partial charge is 0.310 e. The average molecular weight is 392 g/mol. The second kappa shape index (κ2) is 7.85. The molecule has 0 aliphatic heterocycles. The van der Waals surface area contributed by atoms with Crippen molar-refractivity contribution in [3.63, 3.8) is 0 Å². The highest BCUT2D eigenvalue weighted by molar-refractivity contribution is 7.17. The van der Waals surface area contributed by atoms with Gasteiger partial charge in [-0.2, -0.15) is 0 Å². The Kier molecular flexibility index (Phi) is 5.54. The van der Waals surface area contributed by atoms with Crippen LogP contribution in [0.2, 0.25) is 5.02 Å². The second-order valence-corrected chi connectivity index (χ2v) is 6.82. The van der Waals surface area contributed by atoms with Gasteiger partial charge in [-0.15, -0.1) is 11.3 Å². The molecule has 1 N–H and O–H groups in total. The third kappa shape index (κ3) is 3.86. The predicted molar refractivity (Wildman–Crippen MR) is 102 cm³/mol. The van der Waals surface area contributed by atoms with Crippen molar-refractivity contribution in [2.75, 3.05) is 11.9 Å². The Morgan fingerprint density at radius 1 is 1.27 bits per heavy atom. The molecule has 7 heteroatoms. The number of esters is 1. The minimum atomic E-state index is -0.632. The first-order valence-corrected chi connectivity index (χ1v) is 9.16. The quantitative estimate of drug-likeness (QED) is 0.619. The van der Waals surface area contributed by atoms with Gasteiger partial charge in [-0.3, -0.25) is 9.59 Å². The van der Waals surface area contributed by atoms with Gasteiger partial charge in [-0.1, -0.05) is 29.8 Å². The van der Waals surface area contributed by atoms with Gasteiger partial charge < -0.3 is 10.1 Å². The zero-order valence-electron chi connectivity index (χ0n) is 13.8. The molecule has 26 heavy (non-hydrogen) atoms. The number of ether oxygens (including phenoxy) is 1. The lowest BCUT2D eigenvalue weighted by Crippen LogP contribution is -2.13. The number of carbonyl (C=O) groups excluding carboxylic acids is 2. The van der Waals surface area contributed by atoms with Crippen molar-refractivity contribution in [2.24, 2.45) is 0 Å². The molecule has 1 heterocycles. The number of hydrogen-bond acceptors (Lipinski definition) is 4. The summed E-state index contributed by atoms with van der Waals surface area (Å²) in [6.45, 7) is 1.89. The van der Waals surface area contributed by atoms with Gasteiger partial charge in [0.05, 0.1) is 29.3 Å². The number of hydrogen-bond donors (Lipinski definition) is 1. The number of anilines is 1. The molecule has 0 atom stereocenters. The molecule has 4 nitrogen and oxygen atoms in total. The van der Waals surface area contributed by atoms with Gasteiger partial charge >= 0.3 is 5.97 Å². The first kappa shape index (κ1) is 18.4. The number of benzene rings is 2. The van der Waals surface area contributed by atoms with E-state index in [1.54, 1.807) is 12.3 Å². The summed E-state index contributed by atoms with van der Waals surface area (Å²) in [4.78, 5) is 24.1. The second-order valence-electron chi connectivity index (χ2n) is 5.50. The SMILES string of the molecule is CCOC(=O)Cc1cc(Cl)c(NC(=O)c2csc3ccccc23)cc1F. The summed E-state index contributed by atoms with van der Waals surface area (Å²) in [7, 11) is 0. The molecule has 0 unspecified atom stereocenters. The Labute approximate surface area is 158 Å². The van der Waals surface area contributed by atoms with Crippen LogP contribution in [0.5, 0.6) is 0 Å². The zero-order chi connectivity index (χ0) is 18.7. The summed E-state index contributed by atoms with van der Waals surface area (Å²) in [5.41, 5.74) is 0.766. The lowest BCUT2D eigenvalue weighted by atomic mass is 10.1. The maximum atomic E-state index is 14.3. The monoisotopic (exact) mass is 391 g/mol. The van der Waals surface area contributed by atoms with E-state index in [0.717, 1.165) is 16.2 Å². The van der Waals surface area contributed by atoms with Crippen LogP contribution in [-0.4, -0.2) is 18.5 Å². The van der Waals surface area contributed by atoms with E-state index in [0.29, 0.717) is 5.56 Å². The molecule has 0 aliphatic carbocycles. The highest BCUT2D eigenvalue weighted by Crippen LogP contribution is 2.29. The number of halogens is 2. The summed E-state index contributed by atoms with van der Waals surface area (Å²) in [5, 5.41) is 5.36. The fourth-order valence-corrected chi connectivity index (χ4v) is 3.70. The van der Waals surface area contributed by atoms with Gasteiger partial charge in [0.15, 0.2) is 0 Å². The van der Waals surface area contributed by atoms with E-state index < -0.39 is 11.8 Å². The lowest BCUT2D eigenvalue weighted by molar-refractivity contribution is -0.142. The van der Waals surface area contributed by atoms with Crippen molar-refractivity contribution >= 4 is 50.6 Å². The summed E-state index contributed by atoms with van der Waals surface area (Å²) in [5.74, 6) is -1.54. The highest BCUT2D eigenvalue weighted by Gasteiger charge is 2.17. The highest BCUT2D eigenvalue weighted by atomic mass is 35.5. The maximum absolute atomic E-state index is 14.3. The van der Waals surface area contributed by atoms with Crippen LogP contribution in [0.1, 0.15) is 22.8 Å². The summed E-state index contributed by atoms with van der Waals surface area (Å²) in [6, 6.07) is 9.97. The van der Waals surface area contributed by atoms with Crippen LogP contribution in [0.15, 0.2) is 41.8 Å². The Balaban J connectivity index is 1.82. The Hall–Kier alpha value is -2.44. The van der Waals surface area contributed by atoms with Gasteiger partial charge in [-0.25, -0.2) is 4.39 Å². The third-order valence-electron chi connectivity index (χ3n) is 3.75. The van der Waals surface area contributed by atoms with E-state index in [4.69, 9.17) is 16.3 Å². The fraction of sp³-hybridized carbons (Fsp3) is 0.158. The van der Waals surface area contributed by atoms with E-state index in [2.05, 4.69) is 5.32 Å². The number of amides is 1. The molecule has 0 saturated carbocycles. The van der Waals surface area contributed by atoms with Crippen molar-refractivity contribution in [2.45, 2.75) is 13.3 Å². The summed E-state index contributed by atoms with van der Waals surface area (Å²) in [6.07, 6.45) is -0.219. The molecule has 1 aromatic heterocycles. The molecular weight excluding hydrogens is 377 g/mol. The number of rotatable bonds is 5. The molecule has 0 saturated heterocycles. The van der Waals surface area contributed by atoms with E-state index in [-0.39, 0.29) is 35.2 Å². The largest absolute Gasteiger partial charge is 0.466 e. The van der Waals surface area contributed by atoms with Gasteiger partial charge in [0.1, 0.15) is 5.82 Å². The minimum Gasteiger partial charge on any atom is -0.466 e. The molecule has 1 amide bonds. The van der Waals surface area contributed by atoms with Gasteiger partial charge in [0.25, 0.3) is 5.91 Å². The van der Waals surface area contributed by atoms with Gasteiger partial charge in [0, 0.05) is 21.0 Å². The van der Waals surface area contributed by atoms with Crippen molar-refractivity contribution in [3.05, 3.63) is 63.7 Å². The van der Waals surface area contributed by atoms with Crippen LogP contribution in [0.4, 0.5) is 10.1 Å². The molecule has 0 fully saturated rings. The molecular formula is C19H15ClFNO3S. The van der Waals surface area contributed by atoms with Gasteiger partial charge in [0.2, 0.25) is 0 Å². The molecule has 3 aromatic rings.